The van der Waals surface area contributed by atoms with E-state index in [4.69, 9.17) is 21.2 Å². The first-order valence-electron chi connectivity index (χ1n) is 15.7. The highest BCUT2D eigenvalue weighted by molar-refractivity contribution is 6.30. The molecule has 0 radical (unpaired) electrons. The Morgan fingerprint density at radius 1 is 0.911 bits per heavy atom. The van der Waals surface area contributed by atoms with Crippen molar-refractivity contribution in [3.8, 4) is 0 Å². The molecule has 2 N–H and O–H groups in total. The van der Waals surface area contributed by atoms with Gasteiger partial charge >= 0.3 is 6.09 Å². The van der Waals surface area contributed by atoms with E-state index in [-0.39, 0.29) is 24.9 Å². The van der Waals surface area contributed by atoms with E-state index >= 15 is 0 Å². The van der Waals surface area contributed by atoms with Gasteiger partial charge in [-0.25, -0.2) is 9.86 Å². The van der Waals surface area contributed by atoms with Crippen LogP contribution in [0.4, 0.5) is 4.79 Å². The van der Waals surface area contributed by atoms with Crippen molar-refractivity contribution < 1.29 is 28.8 Å². The van der Waals surface area contributed by atoms with E-state index in [2.05, 4.69) is 10.6 Å². The van der Waals surface area contributed by atoms with Crippen LogP contribution in [0.3, 0.4) is 0 Å². The Balaban J connectivity index is 1.68. The van der Waals surface area contributed by atoms with Gasteiger partial charge in [0.15, 0.2) is 0 Å². The molecule has 4 amide bonds. The number of benzene rings is 2. The average Bonchev–Trinajstić information content (AvgIpc) is 3.05. The molecule has 0 bridgehead atoms. The number of alkyl carbamates (subject to hydrolysis) is 1. The number of ether oxygens (including phenoxy) is 1. The summed E-state index contributed by atoms with van der Waals surface area (Å²) in [6.45, 7) is 2.24. The summed E-state index contributed by atoms with van der Waals surface area (Å²) in [5.74, 6) is -1.48. The summed E-state index contributed by atoms with van der Waals surface area (Å²) in [7, 11) is 4.54. The summed E-state index contributed by atoms with van der Waals surface area (Å²) in [4.78, 5) is 59.9. The summed E-state index contributed by atoms with van der Waals surface area (Å²) >= 11 is 6.04. The zero-order valence-corrected chi connectivity index (χ0v) is 27.6. The number of nitrogens with one attached hydrogen (secondary N) is 2. The second-order valence-corrected chi connectivity index (χ2v) is 12.3. The molecule has 246 valence electrons. The van der Waals surface area contributed by atoms with Gasteiger partial charge in [-0.05, 0) is 48.4 Å². The number of hydroxylamine groups is 2. The molecular weight excluding hydrogens is 596 g/mol. The number of hydrogen-bond donors (Lipinski definition) is 2. The summed E-state index contributed by atoms with van der Waals surface area (Å²) in [6, 6.07) is 14.9. The molecule has 0 heterocycles. The number of likely N-dealkylation sites (N-methyl/N-ethyl adjacent to an activating group) is 2. The lowest BCUT2D eigenvalue weighted by Crippen LogP contribution is -2.55. The van der Waals surface area contributed by atoms with Gasteiger partial charge in [0, 0.05) is 31.6 Å². The Hall–Kier alpha value is -3.63. The Kier molecular flexibility index (Phi) is 14.6. The monoisotopic (exact) mass is 642 g/mol. The molecule has 1 aliphatic carbocycles. The Labute approximate surface area is 271 Å². The third-order valence-electron chi connectivity index (χ3n) is 8.33. The van der Waals surface area contributed by atoms with Gasteiger partial charge in [0.2, 0.25) is 11.8 Å². The van der Waals surface area contributed by atoms with Crippen LogP contribution < -0.4 is 10.6 Å². The topological polar surface area (TPSA) is 117 Å². The first-order chi connectivity index (χ1) is 21.6. The lowest BCUT2D eigenvalue weighted by atomic mass is 9.84. The molecule has 0 spiro atoms. The van der Waals surface area contributed by atoms with Gasteiger partial charge in [0.1, 0.15) is 18.7 Å². The lowest BCUT2D eigenvalue weighted by molar-refractivity contribution is -0.172. The average molecular weight is 643 g/mol. The van der Waals surface area contributed by atoms with E-state index in [1.807, 2.05) is 30.3 Å². The quantitative estimate of drug-likeness (QED) is 0.260. The maximum absolute atomic E-state index is 13.7. The van der Waals surface area contributed by atoms with Crippen LogP contribution in [0.1, 0.15) is 63.0 Å². The Morgan fingerprint density at radius 2 is 1.60 bits per heavy atom. The number of halogens is 1. The van der Waals surface area contributed by atoms with Gasteiger partial charge in [-0.1, -0.05) is 93.1 Å². The number of carbonyl (C=O) groups excluding carboxylic acids is 4. The van der Waals surface area contributed by atoms with Crippen molar-refractivity contribution in [1.82, 2.24) is 20.6 Å². The highest BCUT2D eigenvalue weighted by Gasteiger charge is 2.33. The van der Waals surface area contributed by atoms with Crippen molar-refractivity contribution in [1.29, 1.82) is 0 Å². The van der Waals surface area contributed by atoms with Crippen LogP contribution in [0.25, 0.3) is 0 Å². The van der Waals surface area contributed by atoms with Gasteiger partial charge < -0.3 is 20.3 Å². The van der Waals surface area contributed by atoms with Crippen molar-refractivity contribution >= 4 is 35.4 Å². The van der Waals surface area contributed by atoms with Crippen molar-refractivity contribution in [3.63, 3.8) is 0 Å². The predicted molar refractivity (Wildman–Crippen MR) is 173 cm³/mol. The van der Waals surface area contributed by atoms with Crippen molar-refractivity contribution in [2.45, 2.75) is 77.0 Å². The van der Waals surface area contributed by atoms with Gasteiger partial charge in [0.25, 0.3) is 5.91 Å². The van der Waals surface area contributed by atoms with Crippen molar-refractivity contribution in [2.24, 2.45) is 11.8 Å². The summed E-state index contributed by atoms with van der Waals surface area (Å²) in [5.41, 5.74) is 1.83. The van der Waals surface area contributed by atoms with E-state index in [1.165, 1.54) is 14.2 Å². The van der Waals surface area contributed by atoms with Crippen LogP contribution >= 0.6 is 11.6 Å². The second kappa shape index (κ2) is 18.4. The minimum atomic E-state index is -1.05. The van der Waals surface area contributed by atoms with E-state index < -0.39 is 35.9 Å². The zero-order valence-electron chi connectivity index (χ0n) is 26.8. The van der Waals surface area contributed by atoms with Crippen LogP contribution in [0.5, 0.6) is 0 Å². The molecule has 1 fully saturated rings. The summed E-state index contributed by atoms with van der Waals surface area (Å²) < 4.78 is 5.40. The van der Waals surface area contributed by atoms with Crippen LogP contribution in [-0.2, 0) is 37.0 Å². The SMILES string of the molecule is CON(C)C(=O)C(CC(C)C(=O)N(C)CCc1ccccc1)NC(=O)C(CC1CCCCC1)NC(=O)OCc1cccc(Cl)c1. The second-order valence-electron chi connectivity index (χ2n) is 11.9. The van der Waals surface area contributed by atoms with Crippen molar-refractivity contribution in [3.05, 3.63) is 70.7 Å². The fourth-order valence-electron chi connectivity index (χ4n) is 5.63. The first-order valence-corrected chi connectivity index (χ1v) is 16.0. The number of amides is 4. The largest absolute Gasteiger partial charge is 0.445 e. The van der Waals surface area contributed by atoms with Crippen LogP contribution in [0, 0.1) is 11.8 Å². The van der Waals surface area contributed by atoms with E-state index in [0.717, 1.165) is 42.7 Å². The van der Waals surface area contributed by atoms with Crippen LogP contribution in [0.15, 0.2) is 54.6 Å². The van der Waals surface area contributed by atoms with Crippen LogP contribution in [-0.4, -0.2) is 73.6 Å². The summed E-state index contributed by atoms with van der Waals surface area (Å²) in [5, 5.41) is 7.11. The number of carbonyl (C=O) groups is 4. The third kappa shape index (κ3) is 12.0. The fourth-order valence-corrected chi connectivity index (χ4v) is 5.85. The molecule has 11 heteroatoms. The van der Waals surface area contributed by atoms with Crippen LogP contribution in [0.2, 0.25) is 5.02 Å². The number of nitrogens with zero attached hydrogens (tertiary/aromatic N) is 2. The maximum atomic E-state index is 13.7. The number of rotatable bonds is 15. The van der Waals surface area contributed by atoms with Gasteiger partial charge in [0.05, 0.1) is 7.11 Å². The molecule has 45 heavy (non-hydrogen) atoms. The minimum absolute atomic E-state index is 0.0126. The zero-order chi connectivity index (χ0) is 32.8. The maximum Gasteiger partial charge on any atom is 0.408 e. The first kappa shape index (κ1) is 35.8. The van der Waals surface area contributed by atoms with Gasteiger partial charge in [-0.15, -0.1) is 0 Å². The molecule has 3 atom stereocenters. The van der Waals surface area contributed by atoms with E-state index in [9.17, 15) is 19.2 Å². The fraction of sp³-hybridized carbons (Fsp3) is 0.529. The molecule has 0 saturated heterocycles. The Bertz CT molecular complexity index is 1260. The third-order valence-corrected chi connectivity index (χ3v) is 8.56. The molecule has 2 aromatic rings. The lowest BCUT2D eigenvalue weighted by Gasteiger charge is -2.30. The molecule has 0 aromatic heterocycles. The molecule has 1 saturated carbocycles. The van der Waals surface area contributed by atoms with Crippen molar-refractivity contribution in [2.75, 3.05) is 27.7 Å². The predicted octanol–water partition coefficient (Wildman–Crippen LogP) is 5.14. The van der Waals surface area contributed by atoms with E-state index in [1.54, 1.807) is 43.1 Å². The number of hydrogen-bond acceptors (Lipinski definition) is 6. The smallest absolute Gasteiger partial charge is 0.408 e. The molecular formula is C34H47ClN4O6. The van der Waals surface area contributed by atoms with E-state index in [0.29, 0.717) is 30.0 Å². The summed E-state index contributed by atoms with van der Waals surface area (Å²) in [6.07, 6.45) is 5.61. The molecule has 0 aliphatic heterocycles. The molecule has 2 aromatic carbocycles. The molecule has 1 aliphatic rings. The minimum Gasteiger partial charge on any atom is -0.445 e. The highest BCUT2D eigenvalue weighted by Crippen LogP contribution is 2.27. The normalized spacial score (nSPS) is 15.3. The molecule has 3 rings (SSSR count). The molecule has 10 nitrogen and oxygen atoms in total. The highest BCUT2D eigenvalue weighted by atomic mass is 35.5. The molecule has 3 unspecified atom stereocenters. The van der Waals surface area contributed by atoms with Gasteiger partial charge in [-0.3, -0.25) is 19.2 Å². The standard InChI is InChI=1S/C34H47ClN4O6/c1-24(32(41)38(2)19-18-25-12-7-5-8-13-25)20-30(33(42)39(3)44-4)36-31(40)29(22-26-14-9-6-10-15-26)37-34(43)45-23-27-16-11-17-28(35)21-27/h5,7-8,11-13,16-17,21,24,26,29-30H,6,9-10,14-15,18-20,22-23H2,1-4H3,(H,36,40)(H,37,43). The Morgan fingerprint density at radius 3 is 2.27 bits per heavy atom. The van der Waals surface area contributed by atoms with Gasteiger partial charge in [-0.2, -0.15) is 0 Å².